The van der Waals surface area contributed by atoms with Gasteiger partial charge in [-0.15, -0.1) is 11.3 Å². The Morgan fingerprint density at radius 3 is 2.79 bits per heavy atom. The van der Waals surface area contributed by atoms with Crippen LogP contribution in [0.1, 0.15) is 17.1 Å². The second kappa shape index (κ2) is 8.55. The summed E-state index contributed by atoms with van der Waals surface area (Å²) < 4.78 is 6.31. The van der Waals surface area contributed by atoms with Gasteiger partial charge in [0.25, 0.3) is 0 Å². The van der Waals surface area contributed by atoms with Gasteiger partial charge in [-0.3, -0.25) is 9.69 Å². The van der Waals surface area contributed by atoms with Gasteiger partial charge in [-0.25, -0.2) is 4.98 Å². The highest BCUT2D eigenvalue weighted by atomic mass is 79.9. The van der Waals surface area contributed by atoms with Crippen molar-refractivity contribution in [3.63, 3.8) is 0 Å². The lowest BCUT2D eigenvalue weighted by Gasteiger charge is -2.34. The predicted molar refractivity (Wildman–Crippen MR) is 112 cm³/mol. The number of nitrogens with zero attached hydrogens (tertiary/aromatic N) is 4. The molecule has 0 unspecified atom stereocenters. The van der Waals surface area contributed by atoms with E-state index in [-0.39, 0.29) is 5.91 Å². The Balaban J connectivity index is 1.30. The van der Waals surface area contributed by atoms with E-state index in [1.165, 1.54) is 0 Å². The molecule has 1 fully saturated rings. The fraction of sp³-hybridized carbons (Fsp3) is 0.350. The molecule has 1 saturated heterocycles. The topological polar surface area (TPSA) is 62.5 Å². The first-order valence-corrected chi connectivity index (χ1v) is 10.9. The zero-order chi connectivity index (χ0) is 19.5. The summed E-state index contributed by atoms with van der Waals surface area (Å²) in [5.74, 6) is 1.01. The molecular weight excluding hydrogens is 440 g/mol. The van der Waals surface area contributed by atoms with E-state index in [9.17, 15) is 4.79 Å². The monoisotopic (exact) mass is 460 g/mol. The lowest BCUT2D eigenvalue weighted by molar-refractivity contribution is -0.132. The molecule has 4 rings (SSSR count). The number of hydrogen-bond acceptors (Lipinski definition) is 6. The SMILES string of the molecule is Cc1cc(CN2CCN(C(=O)Cc3csc(-c4cccc(Br)c4)n3)CC2)on1. The lowest BCUT2D eigenvalue weighted by Crippen LogP contribution is -2.48. The maximum Gasteiger partial charge on any atom is 0.228 e. The van der Waals surface area contributed by atoms with Crippen molar-refractivity contribution in [2.45, 2.75) is 19.9 Å². The van der Waals surface area contributed by atoms with Crippen LogP contribution in [-0.4, -0.2) is 52.0 Å². The number of piperazine rings is 1. The van der Waals surface area contributed by atoms with E-state index in [1.54, 1.807) is 11.3 Å². The Hall–Kier alpha value is -2.03. The number of thiazole rings is 1. The summed E-state index contributed by atoms with van der Waals surface area (Å²) in [6.07, 6.45) is 0.353. The van der Waals surface area contributed by atoms with Crippen LogP contribution < -0.4 is 0 Å². The summed E-state index contributed by atoms with van der Waals surface area (Å²) in [7, 11) is 0. The normalized spacial score (nSPS) is 15.1. The Morgan fingerprint density at radius 1 is 1.25 bits per heavy atom. The van der Waals surface area contributed by atoms with Crippen LogP contribution >= 0.6 is 27.3 Å². The predicted octanol–water partition coefficient (Wildman–Crippen LogP) is 3.76. The fourth-order valence-corrected chi connectivity index (χ4v) is 4.49. The van der Waals surface area contributed by atoms with Crippen LogP contribution in [-0.2, 0) is 17.8 Å². The van der Waals surface area contributed by atoms with E-state index < -0.39 is 0 Å². The molecule has 6 nitrogen and oxygen atoms in total. The Labute approximate surface area is 176 Å². The average molecular weight is 461 g/mol. The number of aryl methyl sites for hydroxylation is 1. The van der Waals surface area contributed by atoms with Crippen molar-refractivity contribution >= 4 is 33.2 Å². The first kappa shape index (κ1) is 19.3. The molecule has 8 heteroatoms. The number of hydrogen-bond donors (Lipinski definition) is 0. The highest BCUT2D eigenvalue weighted by molar-refractivity contribution is 9.10. The summed E-state index contributed by atoms with van der Waals surface area (Å²) in [4.78, 5) is 21.5. The van der Waals surface area contributed by atoms with Crippen molar-refractivity contribution in [1.29, 1.82) is 0 Å². The first-order valence-electron chi connectivity index (χ1n) is 9.19. The van der Waals surface area contributed by atoms with Gasteiger partial charge >= 0.3 is 0 Å². The third kappa shape index (κ3) is 4.68. The first-order chi connectivity index (χ1) is 13.6. The van der Waals surface area contributed by atoms with E-state index >= 15 is 0 Å². The molecule has 146 valence electrons. The number of aromatic nitrogens is 2. The van der Waals surface area contributed by atoms with E-state index in [4.69, 9.17) is 4.52 Å². The number of benzene rings is 1. The van der Waals surface area contributed by atoms with Crippen LogP contribution in [0.15, 0.2) is 44.7 Å². The summed E-state index contributed by atoms with van der Waals surface area (Å²) >= 11 is 5.06. The number of halogens is 1. The molecule has 3 aromatic rings. The maximum absolute atomic E-state index is 12.7. The molecule has 1 aliphatic heterocycles. The maximum atomic E-state index is 12.7. The van der Waals surface area contributed by atoms with Crippen molar-refractivity contribution in [1.82, 2.24) is 19.9 Å². The van der Waals surface area contributed by atoms with Crippen LogP contribution in [0.4, 0.5) is 0 Å². The minimum Gasteiger partial charge on any atom is -0.360 e. The summed E-state index contributed by atoms with van der Waals surface area (Å²) in [6, 6.07) is 10.0. The zero-order valence-electron chi connectivity index (χ0n) is 15.6. The van der Waals surface area contributed by atoms with Crippen molar-refractivity contribution in [2.75, 3.05) is 26.2 Å². The number of rotatable bonds is 5. The van der Waals surface area contributed by atoms with Gasteiger partial charge in [0.15, 0.2) is 5.76 Å². The standard InChI is InChI=1S/C20H21BrN4O2S/c1-14-9-18(27-23-14)12-24-5-7-25(8-6-24)19(26)11-17-13-28-20(22-17)15-3-2-4-16(21)10-15/h2-4,9-10,13H,5-8,11-12H2,1H3. The molecule has 0 bridgehead atoms. The minimum absolute atomic E-state index is 0.140. The van der Waals surface area contributed by atoms with Gasteiger partial charge < -0.3 is 9.42 Å². The van der Waals surface area contributed by atoms with Crippen molar-refractivity contribution in [2.24, 2.45) is 0 Å². The van der Waals surface area contributed by atoms with Crippen LogP contribution in [0.5, 0.6) is 0 Å². The molecule has 2 aromatic heterocycles. The van der Waals surface area contributed by atoms with Crippen LogP contribution in [0.25, 0.3) is 10.6 Å². The summed E-state index contributed by atoms with van der Waals surface area (Å²) in [5.41, 5.74) is 2.80. The summed E-state index contributed by atoms with van der Waals surface area (Å²) in [6.45, 7) is 5.80. The van der Waals surface area contributed by atoms with Crippen molar-refractivity contribution < 1.29 is 9.32 Å². The van der Waals surface area contributed by atoms with Crippen LogP contribution in [0, 0.1) is 6.92 Å². The highest BCUT2D eigenvalue weighted by Crippen LogP contribution is 2.26. The van der Waals surface area contributed by atoms with Gasteiger partial charge in [-0.05, 0) is 19.1 Å². The molecule has 1 aromatic carbocycles. The third-order valence-corrected chi connectivity index (χ3v) is 6.17. The average Bonchev–Trinajstić information content (AvgIpc) is 3.31. The Bertz CT molecular complexity index is 963. The highest BCUT2D eigenvalue weighted by Gasteiger charge is 2.22. The Morgan fingerprint density at radius 2 is 2.07 bits per heavy atom. The van der Waals surface area contributed by atoms with E-state index in [0.29, 0.717) is 6.42 Å². The van der Waals surface area contributed by atoms with Gasteiger partial charge in [0.05, 0.1) is 24.4 Å². The molecule has 0 atom stereocenters. The molecule has 0 radical (unpaired) electrons. The molecule has 0 saturated carbocycles. The molecule has 0 N–H and O–H groups in total. The largest absolute Gasteiger partial charge is 0.360 e. The third-order valence-electron chi connectivity index (χ3n) is 4.74. The molecule has 3 heterocycles. The molecule has 1 aliphatic rings. The molecule has 0 spiro atoms. The fourth-order valence-electron chi connectivity index (χ4n) is 3.28. The molecular formula is C20H21BrN4O2S. The van der Waals surface area contributed by atoms with Gasteiger partial charge in [0.2, 0.25) is 5.91 Å². The minimum atomic E-state index is 0.140. The molecule has 28 heavy (non-hydrogen) atoms. The number of carbonyl (C=O) groups excluding carboxylic acids is 1. The molecule has 1 amide bonds. The number of amides is 1. The van der Waals surface area contributed by atoms with Gasteiger partial charge in [-0.1, -0.05) is 33.2 Å². The quantitative estimate of drug-likeness (QED) is 0.579. The second-order valence-corrected chi connectivity index (χ2v) is 8.70. The second-order valence-electron chi connectivity index (χ2n) is 6.92. The van der Waals surface area contributed by atoms with E-state index in [0.717, 1.165) is 64.9 Å². The van der Waals surface area contributed by atoms with Gasteiger partial charge in [0.1, 0.15) is 5.01 Å². The van der Waals surface area contributed by atoms with Crippen LogP contribution in [0.3, 0.4) is 0 Å². The van der Waals surface area contributed by atoms with Crippen LogP contribution in [0.2, 0.25) is 0 Å². The smallest absolute Gasteiger partial charge is 0.228 e. The summed E-state index contributed by atoms with van der Waals surface area (Å²) in [5, 5.41) is 6.85. The van der Waals surface area contributed by atoms with E-state index in [2.05, 4.69) is 31.0 Å². The molecule has 0 aliphatic carbocycles. The number of carbonyl (C=O) groups is 1. The zero-order valence-corrected chi connectivity index (χ0v) is 18.0. The van der Waals surface area contributed by atoms with Gasteiger partial charge in [0, 0.05) is 47.7 Å². The van der Waals surface area contributed by atoms with Gasteiger partial charge in [-0.2, -0.15) is 0 Å². The van der Waals surface area contributed by atoms with Crippen molar-refractivity contribution in [3.05, 3.63) is 57.3 Å². The Kier molecular flexibility index (Phi) is 5.89. The van der Waals surface area contributed by atoms with Crippen molar-refractivity contribution in [3.8, 4) is 10.6 Å². The van der Waals surface area contributed by atoms with E-state index in [1.807, 2.05) is 47.5 Å². The lowest BCUT2D eigenvalue weighted by atomic mass is 10.2.